The molecule has 3 atom stereocenters. The molecule has 2 aliphatic carbocycles. The van der Waals surface area contributed by atoms with Crippen molar-refractivity contribution in [2.45, 2.75) is 92.1 Å². The lowest BCUT2D eigenvalue weighted by Crippen LogP contribution is -2.31. The monoisotopic (exact) mass is 404 g/mol. The number of ether oxygens (including phenoxy) is 2. The van der Waals surface area contributed by atoms with Crippen LogP contribution in [-0.4, -0.2) is 24.6 Å². The van der Waals surface area contributed by atoms with Gasteiger partial charge in [0.15, 0.2) is 6.61 Å². The van der Waals surface area contributed by atoms with Crippen LogP contribution >= 0.6 is 0 Å². The van der Waals surface area contributed by atoms with E-state index in [-0.39, 0.29) is 18.1 Å². The molecule has 1 saturated carbocycles. The Labute approximate surface area is 177 Å². The van der Waals surface area contributed by atoms with Crippen LogP contribution in [0.4, 0.5) is 0 Å². The van der Waals surface area contributed by atoms with Crippen molar-refractivity contribution in [1.82, 2.24) is 0 Å². The summed E-state index contributed by atoms with van der Waals surface area (Å²) in [5.74, 6) is 0.829. The summed E-state index contributed by atoms with van der Waals surface area (Å²) in [6.07, 6.45) is 14.5. The highest BCUT2D eigenvalue weighted by Crippen LogP contribution is 2.43. The second-order valence-corrected chi connectivity index (χ2v) is 9.59. The van der Waals surface area contributed by atoms with Crippen LogP contribution in [0.15, 0.2) is 23.8 Å². The maximum atomic E-state index is 12.3. The third-order valence-electron chi connectivity index (χ3n) is 7.08. The van der Waals surface area contributed by atoms with Gasteiger partial charge in [0.25, 0.3) is 0 Å². The van der Waals surface area contributed by atoms with Crippen molar-refractivity contribution in [2.75, 3.05) is 6.61 Å². The van der Waals surface area contributed by atoms with Gasteiger partial charge in [-0.2, -0.15) is 0 Å². The van der Waals surface area contributed by atoms with Crippen molar-refractivity contribution in [1.29, 1.82) is 0 Å². The number of hydrogen-bond acceptors (Lipinski definition) is 4. The normalized spacial score (nSPS) is 22.1. The Balaban J connectivity index is 1.88. The highest BCUT2D eigenvalue weighted by molar-refractivity contribution is 5.93. The zero-order chi connectivity index (χ0) is 21.4. The Morgan fingerprint density at radius 1 is 1.21 bits per heavy atom. The Bertz CT molecular complexity index is 610. The molecule has 4 heteroatoms. The van der Waals surface area contributed by atoms with Crippen LogP contribution < -0.4 is 0 Å². The van der Waals surface area contributed by atoms with Gasteiger partial charge in [0.1, 0.15) is 6.10 Å². The van der Waals surface area contributed by atoms with Crippen LogP contribution in [0.5, 0.6) is 0 Å². The highest BCUT2D eigenvalue weighted by Gasteiger charge is 2.34. The van der Waals surface area contributed by atoms with E-state index in [9.17, 15) is 9.59 Å². The van der Waals surface area contributed by atoms with Crippen LogP contribution in [0.1, 0.15) is 86.0 Å². The first kappa shape index (κ1) is 23.7. The third-order valence-corrected chi connectivity index (χ3v) is 7.08. The van der Waals surface area contributed by atoms with Crippen LogP contribution in [0.2, 0.25) is 0 Å². The molecule has 3 unspecified atom stereocenters. The van der Waals surface area contributed by atoms with Gasteiger partial charge in [-0.05, 0) is 61.7 Å². The third kappa shape index (κ3) is 7.01. The second-order valence-electron chi connectivity index (χ2n) is 9.59. The molecule has 0 heterocycles. The van der Waals surface area contributed by atoms with Crippen LogP contribution in [0, 0.1) is 23.2 Å². The number of carbonyl (C=O) groups is 2. The molecule has 0 bridgehead atoms. The zero-order valence-corrected chi connectivity index (χ0v) is 19.0. The molecule has 2 aliphatic rings. The van der Waals surface area contributed by atoms with Crippen LogP contribution in [0.25, 0.3) is 0 Å². The number of rotatable bonds is 10. The maximum Gasteiger partial charge on any atom is 0.344 e. The van der Waals surface area contributed by atoms with E-state index in [4.69, 9.17) is 9.47 Å². The fourth-order valence-corrected chi connectivity index (χ4v) is 4.46. The molecule has 0 spiro atoms. The smallest absolute Gasteiger partial charge is 0.344 e. The number of carbonyl (C=O) groups excluding carboxylic acids is 2. The van der Waals surface area contributed by atoms with Crippen LogP contribution in [0.3, 0.4) is 0 Å². The highest BCUT2D eigenvalue weighted by atomic mass is 16.6. The van der Waals surface area contributed by atoms with E-state index >= 15 is 0 Å². The van der Waals surface area contributed by atoms with E-state index in [0.717, 1.165) is 38.5 Å². The number of hydrogen-bond donors (Lipinski definition) is 0. The van der Waals surface area contributed by atoms with Gasteiger partial charge in [-0.1, -0.05) is 65.7 Å². The molecule has 0 aliphatic heterocycles. The SMILES string of the molecule is CCC(C)CC(C1C=CC(C(=O)OCC(=O)OC2CCCC2)=CC1)C(C)(C)CC. The molecule has 0 radical (unpaired) electrons. The molecule has 0 saturated heterocycles. The average molecular weight is 405 g/mol. The van der Waals surface area contributed by atoms with Crippen molar-refractivity contribution in [3.8, 4) is 0 Å². The molecule has 4 nitrogen and oxygen atoms in total. The first-order valence-electron chi connectivity index (χ1n) is 11.5. The van der Waals surface area contributed by atoms with Gasteiger partial charge in [-0.15, -0.1) is 0 Å². The lowest BCUT2D eigenvalue weighted by molar-refractivity contribution is -0.160. The van der Waals surface area contributed by atoms with E-state index in [1.54, 1.807) is 0 Å². The van der Waals surface area contributed by atoms with Gasteiger partial charge >= 0.3 is 11.9 Å². The Morgan fingerprint density at radius 3 is 2.45 bits per heavy atom. The van der Waals surface area contributed by atoms with Crippen molar-refractivity contribution in [3.63, 3.8) is 0 Å². The van der Waals surface area contributed by atoms with E-state index in [2.05, 4.69) is 40.7 Å². The largest absolute Gasteiger partial charge is 0.460 e. The van der Waals surface area contributed by atoms with E-state index < -0.39 is 11.9 Å². The molecule has 2 rings (SSSR count). The van der Waals surface area contributed by atoms with Gasteiger partial charge < -0.3 is 9.47 Å². The molecule has 0 aromatic carbocycles. The summed E-state index contributed by atoms with van der Waals surface area (Å²) < 4.78 is 10.5. The van der Waals surface area contributed by atoms with Gasteiger partial charge in [0.05, 0.1) is 5.57 Å². The number of allylic oxidation sites excluding steroid dienone is 2. The fourth-order valence-electron chi connectivity index (χ4n) is 4.46. The zero-order valence-electron chi connectivity index (χ0n) is 19.0. The van der Waals surface area contributed by atoms with E-state index in [1.807, 2.05) is 12.2 Å². The molecule has 164 valence electrons. The summed E-state index contributed by atoms with van der Waals surface area (Å²) in [6, 6.07) is 0. The minimum atomic E-state index is -0.443. The lowest BCUT2D eigenvalue weighted by atomic mass is 9.65. The van der Waals surface area contributed by atoms with Gasteiger partial charge in [0.2, 0.25) is 0 Å². The Hall–Kier alpha value is -1.58. The number of esters is 2. The molecule has 0 aromatic heterocycles. The quantitative estimate of drug-likeness (QED) is 0.419. The van der Waals surface area contributed by atoms with Crippen molar-refractivity contribution < 1.29 is 19.1 Å². The lowest BCUT2D eigenvalue weighted by Gasteiger charge is -2.40. The first-order valence-corrected chi connectivity index (χ1v) is 11.5. The molecule has 29 heavy (non-hydrogen) atoms. The average Bonchev–Trinajstić information content (AvgIpc) is 3.23. The summed E-state index contributed by atoms with van der Waals surface area (Å²) in [5, 5.41) is 0. The Morgan fingerprint density at radius 2 is 1.90 bits per heavy atom. The van der Waals surface area contributed by atoms with Crippen molar-refractivity contribution in [3.05, 3.63) is 23.8 Å². The molecular weight excluding hydrogens is 364 g/mol. The minimum Gasteiger partial charge on any atom is -0.460 e. The van der Waals surface area contributed by atoms with Crippen molar-refractivity contribution in [2.24, 2.45) is 23.2 Å². The van der Waals surface area contributed by atoms with Gasteiger partial charge in [0, 0.05) is 0 Å². The molecule has 0 amide bonds. The molecule has 1 fully saturated rings. The maximum absolute atomic E-state index is 12.3. The first-order chi connectivity index (χ1) is 13.8. The van der Waals surface area contributed by atoms with Crippen LogP contribution in [-0.2, 0) is 19.1 Å². The molecule has 0 aromatic rings. The summed E-state index contributed by atoms with van der Waals surface area (Å²) in [4.78, 5) is 24.2. The predicted molar refractivity (Wildman–Crippen MR) is 116 cm³/mol. The second kappa shape index (κ2) is 11.0. The van der Waals surface area contributed by atoms with Gasteiger partial charge in [-0.3, -0.25) is 0 Å². The van der Waals surface area contributed by atoms with Gasteiger partial charge in [-0.25, -0.2) is 9.59 Å². The minimum absolute atomic E-state index is 0.000109. The fraction of sp³-hybridized carbons (Fsp3) is 0.760. The van der Waals surface area contributed by atoms with E-state index in [1.165, 1.54) is 12.8 Å². The van der Waals surface area contributed by atoms with Crippen molar-refractivity contribution >= 4 is 11.9 Å². The standard InChI is InChI=1S/C25H40O4/c1-6-18(3)16-22(25(4,5)7-2)19-12-14-20(15-13-19)24(27)28-17-23(26)29-21-10-8-9-11-21/h12,14-15,18-19,21-22H,6-11,13,16-17H2,1-5H3. The topological polar surface area (TPSA) is 52.6 Å². The summed E-state index contributed by atoms with van der Waals surface area (Å²) in [5.41, 5.74) is 0.806. The summed E-state index contributed by atoms with van der Waals surface area (Å²) >= 11 is 0. The van der Waals surface area contributed by atoms with E-state index in [0.29, 0.717) is 23.3 Å². The molecule has 0 N–H and O–H groups in total. The molecular formula is C25H40O4. The Kier molecular flexibility index (Phi) is 8.98. The summed E-state index contributed by atoms with van der Waals surface area (Å²) in [7, 11) is 0. The summed E-state index contributed by atoms with van der Waals surface area (Å²) in [6.45, 7) is 11.3. The predicted octanol–water partition coefficient (Wildman–Crippen LogP) is 6.01.